The van der Waals surface area contributed by atoms with Crippen LogP contribution in [0.15, 0.2) is 0 Å². The lowest BCUT2D eigenvalue weighted by molar-refractivity contribution is -0.132. The predicted octanol–water partition coefficient (Wildman–Crippen LogP) is 2.85. The first-order valence-electron chi connectivity index (χ1n) is 7.65. The van der Waals surface area contributed by atoms with Crippen molar-refractivity contribution < 1.29 is 4.79 Å². The van der Waals surface area contributed by atoms with Crippen molar-refractivity contribution in [2.24, 2.45) is 5.92 Å². The maximum absolute atomic E-state index is 12.5. The number of nitrogens with one attached hydrogen (secondary N) is 1. The highest BCUT2D eigenvalue weighted by atomic mass is 32.2. The Bertz CT molecular complexity index is 321. The van der Waals surface area contributed by atoms with Crippen molar-refractivity contribution in [1.82, 2.24) is 10.2 Å². The van der Waals surface area contributed by atoms with Gasteiger partial charge in [0.1, 0.15) is 0 Å². The fourth-order valence-electron chi connectivity index (χ4n) is 3.51. The minimum atomic E-state index is -0.00631. The Morgan fingerprint density at radius 2 is 2.05 bits per heavy atom. The summed E-state index contributed by atoms with van der Waals surface area (Å²) in [7, 11) is 0. The Morgan fingerprint density at radius 3 is 2.68 bits per heavy atom. The van der Waals surface area contributed by atoms with Gasteiger partial charge in [-0.25, -0.2) is 0 Å². The monoisotopic (exact) mass is 284 g/mol. The molecule has 0 bridgehead atoms. The van der Waals surface area contributed by atoms with Gasteiger partial charge in [-0.05, 0) is 38.4 Å². The summed E-state index contributed by atoms with van der Waals surface area (Å²) in [5, 5.41) is 4.12. The molecule has 0 aromatic heterocycles. The second-order valence-electron chi connectivity index (χ2n) is 6.41. The van der Waals surface area contributed by atoms with Gasteiger partial charge in [0.15, 0.2) is 0 Å². The number of nitrogens with zero attached hydrogens (tertiary/aromatic N) is 1. The van der Waals surface area contributed by atoms with E-state index in [-0.39, 0.29) is 12.2 Å². The number of amides is 1. The third-order valence-electron chi connectivity index (χ3n) is 4.43. The molecule has 0 spiro atoms. The van der Waals surface area contributed by atoms with Crippen molar-refractivity contribution in [2.75, 3.05) is 6.26 Å². The lowest BCUT2D eigenvalue weighted by Crippen LogP contribution is -2.50. The van der Waals surface area contributed by atoms with E-state index in [1.165, 1.54) is 25.7 Å². The number of carbonyl (C=O) groups is 1. The van der Waals surface area contributed by atoms with E-state index in [4.69, 9.17) is 0 Å². The predicted molar refractivity (Wildman–Crippen MR) is 82.2 cm³/mol. The molecule has 1 aliphatic carbocycles. The minimum absolute atomic E-state index is 0.00631. The zero-order valence-corrected chi connectivity index (χ0v) is 13.5. The summed E-state index contributed by atoms with van der Waals surface area (Å²) in [5.74, 6) is 0.936. The average Bonchev–Trinajstić information content (AvgIpc) is 2.64. The van der Waals surface area contributed by atoms with E-state index >= 15 is 0 Å². The second-order valence-corrected chi connectivity index (χ2v) is 7.48. The lowest BCUT2D eigenvalue weighted by Gasteiger charge is -2.40. The van der Waals surface area contributed by atoms with Crippen LogP contribution in [0.25, 0.3) is 0 Å². The maximum atomic E-state index is 12.5. The highest BCUT2D eigenvalue weighted by Gasteiger charge is 2.43. The van der Waals surface area contributed by atoms with E-state index in [0.717, 1.165) is 6.42 Å². The van der Waals surface area contributed by atoms with E-state index in [1.54, 1.807) is 0 Å². The van der Waals surface area contributed by atoms with Crippen molar-refractivity contribution >= 4 is 17.7 Å². The molecule has 3 nitrogen and oxygen atoms in total. The van der Waals surface area contributed by atoms with Gasteiger partial charge >= 0.3 is 0 Å². The first-order chi connectivity index (χ1) is 9.04. The Balaban J connectivity index is 2.15. The van der Waals surface area contributed by atoms with Crippen LogP contribution in [0.2, 0.25) is 0 Å². The summed E-state index contributed by atoms with van der Waals surface area (Å²) in [4.78, 5) is 14.7. The van der Waals surface area contributed by atoms with Crippen LogP contribution in [0.5, 0.6) is 0 Å². The van der Waals surface area contributed by atoms with Gasteiger partial charge in [-0.3, -0.25) is 10.1 Å². The Morgan fingerprint density at radius 1 is 1.37 bits per heavy atom. The van der Waals surface area contributed by atoms with Gasteiger partial charge in [-0.2, -0.15) is 11.8 Å². The Hall–Kier alpha value is -0.220. The van der Waals surface area contributed by atoms with Gasteiger partial charge in [0.05, 0.1) is 12.2 Å². The van der Waals surface area contributed by atoms with Crippen LogP contribution in [0.1, 0.15) is 52.9 Å². The van der Waals surface area contributed by atoms with Gasteiger partial charge < -0.3 is 4.90 Å². The Labute approximate surface area is 121 Å². The van der Waals surface area contributed by atoms with E-state index in [2.05, 4.69) is 30.3 Å². The number of carbonyl (C=O) groups excluding carboxylic acids is 1. The van der Waals surface area contributed by atoms with Crippen molar-refractivity contribution in [3.8, 4) is 0 Å². The van der Waals surface area contributed by atoms with Crippen molar-refractivity contribution in [3.63, 3.8) is 0 Å². The quantitative estimate of drug-likeness (QED) is 0.861. The van der Waals surface area contributed by atoms with Crippen molar-refractivity contribution in [3.05, 3.63) is 0 Å². The minimum Gasteiger partial charge on any atom is -0.322 e. The van der Waals surface area contributed by atoms with Crippen molar-refractivity contribution in [1.29, 1.82) is 0 Å². The summed E-state index contributed by atoms with van der Waals surface area (Å²) < 4.78 is 0. The van der Waals surface area contributed by atoms with Crippen LogP contribution < -0.4 is 5.32 Å². The summed E-state index contributed by atoms with van der Waals surface area (Å²) in [6.07, 6.45) is 8.54. The Kier molecular flexibility index (Phi) is 5.18. The first-order valence-corrected chi connectivity index (χ1v) is 8.94. The first kappa shape index (κ1) is 15.2. The van der Waals surface area contributed by atoms with Gasteiger partial charge in [0.2, 0.25) is 5.91 Å². The molecule has 110 valence electrons. The standard InChI is InChI=1S/C15H28N2OS/c1-10(2)9-14-16-11(3)15(18)17(14)12-7-5-6-8-13(12)19-4/h10-14,16H,5-9H2,1-4H3. The summed E-state index contributed by atoms with van der Waals surface area (Å²) in [6.45, 7) is 6.48. The van der Waals surface area contributed by atoms with E-state index in [1.807, 2.05) is 18.7 Å². The normalized spacial score (nSPS) is 36.3. The van der Waals surface area contributed by atoms with Crippen LogP contribution in [0, 0.1) is 5.92 Å². The van der Waals surface area contributed by atoms with E-state index in [0.29, 0.717) is 23.1 Å². The molecular weight excluding hydrogens is 256 g/mol. The number of thioether (sulfide) groups is 1. The molecule has 1 aliphatic heterocycles. The summed E-state index contributed by atoms with van der Waals surface area (Å²) >= 11 is 1.94. The number of hydrogen-bond donors (Lipinski definition) is 1. The molecule has 0 radical (unpaired) electrons. The zero-order chi connectivity index (χ0) is 14.0. The maximum Gasteiger partial charge on any atom is 0.241 e. The van der Waals surface area contributed by atoms with Gasteiger partial charge in [-0.1, -0.05) is 26.7 Å². The molecule has 1 heterocycles. The molecule has 1 saturated heterocycles. The molecule has 1 N–H and O–H groups in total. The lowest BCUT2D eigenvalue weighted by atomic mass is 9.92. The molecule has 1 saturated carbocycles. The third kappa shape index (κ3) is 3.27. The third-order valence-corrected chi connectivity index (χ3v) is 5.58. The molecule has 4 heteroatoms. The van der Waals surface area contributed by atoms with Gasteiger partial charge in [0.25, 0.3) is 0 Å². The molecule has 2 rings (SSSR count). The van der Waals surface area contributed by atoms with Crippen LogP contribution in [-0.2, 0) is 4.79 Å². The van der Waals surface area contributed by atoms with Gasteiger partial charge in [0, 0.05) is 11.3 Å². The highest BCUT2D eigenvalue weighted by Crippen LogP contribution is 2.34. The fourth-order valence-corrected chi connectivity index (χ4v) is 4.49. The van der Waals surface area contributed by atoms with Crippen LogP contribution in [-0.4, -0.2) is 40.6 Å². The van der Waals surface area contributed by atoms with E-state index in [9.17, 15) is 4.79 Å². The summed E-state index contributed by atoms with van der Waals surface area (Å²) in [6, 6.07) is 0.436. The molecule has 4 unspecified atom stereocenters. The molecule has 4 atom stereocenters. The second kappa shape index (κ2) is 6.49. The largest absolute Gasteiger partial charge is 0.322 e. The van der Waals surface area contributed by atoms with Gasteiger partial charge in [-0.15, -0.1) is 0 Å². The molecular formula is C15H28N2OS. The average molecular weight is 284 g/mol. The molecule has 1 amide bonds. The fraction of sp³-hybridized carbons (Fsp3) is 0.933. The zero-order valence-electron chi connectivity index (χ0n) is 12.7. The van der Waals surface area contributed by atoms with Crippen LogP contribution >= 0.6 is 11.8 Å². The molecule has 0 aromatic carbocycles. The van der Waals surface area contributed by atoms with Crippen LogP contribution in [0.3, 0.4) is 0 Å². The van der Waals surface area contributed by atoms with E-state index < -0.39 is 0 Å². The number of hydrogen-bond acceptors (Lipinski definition) is 3. The summed E-state index contributed by atoms with van der Waals surface area (Å²) in [5.41, 5.74) is 0. The smallest absolute Gasteiger partial charge is 0.241 e. The molecule has 2 aliphatic rings. The topological polar surface area (TPSA) is 32.3 Å². The van der Waals surface area contributed by atoms with Crippen molar-refractivity contribution in [2.45, 2.75) is 76.4 Å². The number of rotatable bonds is 4. The molecule has 19 heavy (non-hydrogen) atoms. The van der Waals surface area contributed by atoms with Crippen LogP contribution in [0.4, 0.5) is 0 Å². The molecule has 2 fully saturated rings. The highest BCUT2D eigenvalue weighted by molar-refractivity contribution is 7.99. The molecule has 0 aromatic rings. The SMILES string of the molecule is CSC1CCCCC1N1C(=O)C(C)NC1CC(C)C.